The fourth-order valence-corrected chi connectivity index (χ4v) is 7.48. The van der Waals surface area contributed by atoms with Gasteiger partial charge in [-0.25, -0.2) is 4.79 Å². The number of imide groups is 1. The number of amides is 3. The van der Waals surface area contributed by atoms with Crippen molar-refractivity contribution in [2.75, 3.05) is 58.7 Å². The molecule has 0 unspecified atom stereocenters. The van der Waals surface area contributed by atoms with Crippen LogP contribution in [0.4, 0.5) is 10.5 Å². The predicted octanol–water partition coefficient (Wildman–Crippen LogP) is 9.03. The molecule has 0 aromatic heterocycles. The monoisotopic (exact) mass is 695 g/mol. The zero-order valence-corrected chi connectivity index (χ0v) is 31.0. The number of nitrogens with one attached hydrogen (secondary N) is 1. The molecule has 0 saturated carbocycles. The summed E-state index contributed by atoms with van der Waals surface area (Å²) in [4.78, 5) is 41.8. The Labute approximate surface area is 305 Å². The summed E-state index contributed by atoms with van der Waals surface area (Å²) < 4.78 is 6.80. The summed E-state index contributed by atoms with van der Waals surface area (Å²) in [6.07, 6.45) is 14.9. The van der Waals surface area contributed by atoms with Crippen LogP contribution in [0.3, 0.4) is 0 Å². The molecule has 8 heteroatoms. The number of quaternary nitrogens is 1. The van der Waals surface area contributed by atoms with Crippen LogP contribution < -0.4 is 5.32 Å². The van der Waals surface area contributed by atoms with Crippen LogP contribution in [0.1, 0.15) is 104 Å². The average molecular weight is 696 g/mol. The van der Waals surface area contributed by atoms with Crippen molar-refractivity contribution in [1.29, 1.82) is 0 Å². The first-order valence-corrected chi connectivity index (χ1v) is 19.4. The van der Waals surface area contributed by atoms with E-state index < -0.39 is 0 Å². The Kier molecular flexibility index (Phi) is 14.7. The lowest BCUT2D eigenvalue weighted by Crippen LogP contribution is -2.41. The molecule has 3 aromatic carbocycles. The van der Waals surface area contributed by atoms with Gasteiger partial charge in [-0.2, -0.15) is 0 Å². The molecule has 3 aromatic rings. The summed E-state index contributed by atoms with van der Waals surface area (Å²) in [5.74, 6) is -0.289. The van der Waals surface area contributed by atoms with E-state index in [-0.39, 0.29) is 24.0 Å². The summed E-state index contributed by atoms with van der Waals surface area (Å²) in [5.41, 5.74) is 3.92. The molecule has 0 spiro atoms. The fraction of sp³-hybridized carbons (Fsp3) is 0.512. The number of benzene rings is 3. The first-order valence-electron chi connectivity index (χ1n) is 19.4. The third-order valence-electron chi connectivity index (χ3n) is 10.6. The molecule has 274 valence electrons. The lowest BCUT2D eigenvalue weighted by molar-refractivity contribution is -0.890. The minimum atomic E-state index is -0.369. The minimum Gasteiger partial charge on any atom is -0.446 e. The van der Waals surface area contributed by atoms with Gasteiger partial charge in [-0.1, -0.05) is 99.2 Å². The van der Waals surface area contributed by atoms with Gasteiger partial charge >= 0.3 is 6.09 Å². The third-order valence-corrected chi connectivity index (χ3v) is 10.6. The minimum absolute atomic E-state index is 0.0274. The molecule has 1 N–H and O–H groups in total. The van der Waals surface area contributed by atoms with E-state index in [0.717, 1.165) is 73.2 Å². The van der Waals surface area contributed by atoms with E-state index in [0.29, 0.717) is 17.7 Å². The molecule has 0 atom stereocenters. The van der Waals surface area contributed by atoms with Gasteiger partial charge in [0.2, 0.25) is 0 Å². The number of carbonyl (C=O) groups excluding carboxylic acids is 3. The molecule has 2 heterocycles. The van der Waals surface area contributed by atoms with Gasteiger partial charge in [0.1, 0.15) is 6.10 Å². The number of ether oxygens (including phenoxy) is 1. The third kappa shape index (κ3) is 11.8. The van der Waals surface area contributed by atoms with Crippen molar-refractivity contribution in [3.63, 3.8) is 0 Å². The van der Waals surface area contributed by atoms with Crippen LogP contribution in [0.15, 0.2) is 78.9 Å². The Morgan fingerprint density at radius 2 is 1.14 bits per heavy atom. The SMILES string of the molecule is C[N+](C)(CCCCCCCCCCCN1CCC(OC(=O)Nc2ccccc2-c2ccccc2)CC1)CCCCN1C(=O)c2ccccc2C1=O. The van der Waals surface area contributed by atoms with Crippen LogP contribution in [0.5, 0.6) is 0 Å². The molecule has 1 fully saturated rings. The zero-order valence-electron chi connectivity index (χ0n) is 31.0. The summed E-state index contributed by atoms with van der Waals surface area (Å²) in [6.45, 7) is 5.87. The molecule has 2 aliphatic heterocycles. The molecule has 3 amide bonds. The van der Waals surface area contributed by atoms with E-state index in [4.69, 9.17) is 4.74 Å². The van der Waals surface area contributed by atoms with E-state index in [1.807, 2.05) is 66.7 Å². The van der Waals surface area contributed by atoms with E-state index >= 15 is 0 Å². The number of fused-ring (bicyclic) bond motifs is 1. The van der Waals surface area contributed by atoms with Gasteiger partial charge in [0.25, 0.3) is 11.8 Å². The van der Waals surface area contributed by atoms with Crippen LogP contribution >= 0.6 is 0 Å². The van der Waals surface area contributed by atoms with Gasteiger partial charge in [0, 0.05) is 25.2 Å². The van der Waals surface area contributed by atoms with Gasteiger partial charge in [-0.3, -0.25) is 19.8 Å². The summed E-state index contributed by atoms with van der Waals surface area (Å²) >= 11 is 0. The molecule has 8 nitrogen and oxygen atoms in total. The van der Waals surface area contributed by atoms with Gasteiger partial charge in [0.15, 0.2) is 0 Å². The van der Waals surface area contributed by atoms with Crippen molar-refractivity contribution >= 4 is 23.6 Å². The van der Waals surface area contributed by atoms with Gasteiger partial charge in [-0.05, 0) is 75.3 Å². The van der Waals surface area contributed by atoms with Gasteiger partial charge < -0.3 is 14.1 Å². The molecule has 0 radical (unpaired) electrons. The molecule has 51 heavy (non-hydrogen) atoms. The number of likely N-dealkylation sites (tertiary alicyclic amines) is 1. The average Bonchev–Trinajstić information content (AvgIpc) is 3.38. The maximum atomic E-state index is 12.7. The Morgan fingerprint density at radius 3 is 1.76 bits per heavy atom. The smallest absolute Gasteiger partial charge is 0.411 e. The maximum absolute atomic E-state index is 12.7. The second-order valence-electron chi connectivity index (χ2n) is 15.1. The lowest BCUT2D eigenvalue weighted by Gasteiger charge is -2.31. The Balaban J connectivity index is 0.823. The van der Waals surface area contributed by atoms with E-state index in [2.05, 4.69) is 24.3 Å². The summed E-state index contributed by atoms with van der Waals surface area (Å²) in [5, 5.41) is 2.97. The number of anilines is 1. The maximum Gasteiger partial charge on any atom is 0.411 e. The highest BCUT2D eigenvalue weighted by molar-refractivity contribution is 6.21. The van der Waals surface area contributed by atoms with Crippen molar-refractivity contribution in [2.45, 2.75) is 89.6 Å². The topological polar surface area (TPSA) is 79.0 Å². The molecule has 1 saturated heterocycles. The van der Waals surface area contributed by atoms with Crippen LogP contribution in [0, 0.1) is 0 Å². The standard InChI is InChI=1S/C43H58N4O4/c1-47(2,34-20-18-30-46-41(48)38-24-13-14-25-39(38)42(46)49)33-19-9-7-5-3-4-6-8-17-29-45-31-27-36(28-32-45)51-43(50)44-40-26-16-15-23-37(40)35-21-11-10-12-22-35/h10-16,21-26,36H,3-9,17-20,27-34H2,1-2H3/p+1. The number of piperidine rings is 1. The number of carbonyl (C=O) groups is 3. The summed E-state index contributed by atoms with van der Waals surface area (Å²) in [7, 11) is 4.59. The van der Waals surface area contributed by atoms with Crippen molar-refractivity contribution in [3.05, 3.63) is 90.0 Å². The highest BCUT2D eigenvalue weighted by Crippen LogP contribution is 2.28. The normalized spacial score (nSPS) is 15.3. The second-order valence-corrected chi connectivity index (χ2v) is 15.1. The molecule has 0 bridgehead atoms. The molecule has 5 rings (SSSR count). The number of para-hydroxylation sites is 1. The summed E-state index contributed by atoms with van der Waals surface area (Å²) in [6, 6.07) is 25.1. The van der Waals surface area contributed by atoms with Crippen LogP contribution in [-0.4, -0.2) is 91.7 Å². The highest BCUT2D eigenvalue weighted by Gasteiger charge is 2.34. The number of unbranched alkanes of at least 4 members (excludes halogenated alkanes) is 9. The number of hydrogen-bond acceptors (Lipinski definition) is 5. The van der Waals surface area contributed by atoms with Crippen molar-refractivity contribution in [1.82, 2.24) is 9.80 Å². The largest absolute Gasteiger partial charge is 0.446 e. The zero-order chi connectivity index (χ0) is 35.9. The van der Waals surface area contributed by atoms with Gasteiger partial charge in [-0.15, -0.1) is 0 Å². The van der Waals surface area contributed by atoms with E-state index in [9.17, 15) is 14.4 Å². The number of hydrogen-bond donors (Lipinski definition) is 1. The van der Waals surface area contributed by atoms with Crippen LogP contribution in [0.25, 0.3) is 11.1 Å². The molecular weight excluding hydrogens is 636 g/mol. The van der Waals surface area contributed by atoms with E-state index in [1.54, 1.807) is 12.1 Å². The number of nitrogens with zero attached hydrogens (tertiary/aromatic N) is 3. The fourth-order valence-electron chi connectivity index (χ4n) is 7.48. The van der Waals surface area contributed by atoms with Crippen LogP contribution in [0.2, 0.25) is 0 Å². The first kappa shape index (κ1) is 38.2. The molecular formula is C43H59N4O4+. The van der Waals surface area contributed by atoms with Crippen molar-refractivity contribution < 1.29 is 23.6 Å². The van der Waals surface area contributed by atoms with E-state index in [1.165, 1.54) is 69.2 Å². The Morgan fingerprint density at radius 1 is 0.647 bits per heavy atom. The number of rotatable bonds is 20. The predicted molar refractivity (Wildman–Crippen MR) is 206 cm³/mol. The highest BCUT2D eigenvalue weighted by atomic mass is 16.6. The van der Waals surface area contributed by atoms with Crippen LogP contribution in [-0.2, 0) is 4.74 Å². The molecule has 0 aliphatic carbocycles. The molecule has 2 aliphatic rings. The Bertz CT molecular complexity index is 1520. The quantitative estimate of drug-likeness (QED) is 0.0725. The Hall–Kier alpha value is -4.01. The second kappa shape index (κ2) is 19.6. The van der Waals surface area contributed by atoms with Crippen molar-refractivity contribution in [2.24, 2.45) is 0 Å². The lowest BCUT2D eigenvalue weighted by atomic mass is 10.0. The van der Waals surface area contributed by atoms with Crippen molar-refractivity contribution in [3.8, 4) is 11.1 Å². The first-order chi connectivity index (χ1) is 24.8. The van der Waals surface area contributed by atoms with Gasteiger partial charge in [0.05, 0.1) is 44.0 Å².